The molecule has 1 unspecified atom stereocenters. The summed E-state index contributed by atoms with van der Waals surface area (Å²) in [5, 5.41) is 5.06. The number of methoxy groups -OCH3 is 3. The maximum absolute atomic E-state index is 12.9. The van der Waals surface area contributed by atoms with Crippen LogP contribution in [0.5, 0.6) is 17.2 Å². The van der Waals surface area contributed by atoms with Crippen LogP contribution in [0.2, 0.25) is 0 Å². The molecule has 2 aromatic carbocycles. The zero-order valence-corrected chi connectivity index (χ0v) is 18.7. The normalized spacial score (nSPS) is 15.8. The van der Waals surface area contributed by atoms with Gasteiger partial charge in [-0.15, -0.1) is 11.3 Å². The van der Waals surface area contributed by atoms with E-state index in [1.165, 1.54) is 10.4 Å². The fourth-order valence-corrected chi connectivity index (χ4v) is 4.95. The number of amides is 1. The Bertz CT molecular complexity index is 1050. The molecule has 2 heterocycles. The molecule has 1 aromatic heterocycles. The molecule has 1 aliphatic heterocycles. The molecule has 0 spiro atoms. The first kappa shape index (κ1) is 21.2. The molecule has 1 N–H and O–H groups in total. The van der Waals surface area contributed by atoms with E-state index in [9.17, 15) is 4.79 Å². The van der Waals surface area contributed by atoms with Crippen LogP contribution >= 0.6 is 11.3 Å². The minimum atomic E-state index is -0.0741. The average Bonchev–Trinajstić information content (AvgIpc) is 3.32. The standard InChI is InChI=1S/C24H26N2O4S/c1-28-19-8-5-4-7-18(19)25-23(27)15-26-11-10-16-13-20(29-2)21(30-3)14-17(16)24(26)22-9-6-12-31-22/h4-9,12-14,24H,10-11,15H2,1-3H3,(H,25,27). The van der Waals surface area contributed by atoms with Crippen LogP contribution in [-0.4, -0.2) is 45.2 Å². The van der Waals surface area contributed by atoms with Gasteiger partial charge in [0.25, 0.3) is 0 Å². The average molecular weight is 439 g/mol. The van der Waals surface area contributed by atoms with Gasteiger partial charge in [0.1, 0.15) is 5.75 Å². The number of anilines is 1. The number of hydrogen-bond acceptors (Lipinski definition) is 6. The van der Waals surface area contributed by atoms with Gasteiger partial charge in [-0.05, 0) is 53.3 Å². The van der Waals surface area contributed by atoms with Crippen molar-refractivity contribution < 1.29 is 19.0 Å². The van der Waals surface area contributed by atoms with Crippen molar-refractivity contribution in [2.45, 2.75) is 12.5 Å². The van der Waals surface area contributed by atoms with E-state index in [0.717, 1.165) is 24.3 Å². The number of carbonyl (C=O) groups is 1. The van der Waals surface area contributed by atoms with Gasteiger partial charge in [-0.3, -0.25) is 9.69 Å². The van der Waals surface area contributed by atoms with Gasteiger partial charge in [-0.1, -0.05) is 18.2 Å². The number of rotatable bonds is 7. The molecule has 7 heteroatoms. The fraction of sp³-hybridized carbons (Fsp3) is 0.292. The molecule has 4 rings (SSSR count). The van der Waals surface area contributed by atoms with Gasteiger partial charge in [-0.25, -0.2) is 0 Å². The lowest BCUT2D eigenvalue weighted by Crippen LogP contribution is -2.41. The zero-order chi connectivity index (χ0) is 21.8. The molecule has 3 aromatic rings. The number of benzene rings is 2. The maximum Gasteiger partial charge on any atom is 0.238 e. The Morgan fingerprint density at radius 2 is 1.77 bits per heavy atom. The molecule has 1 amide bonds. The number of nitrogens with zero attached hydrogens (tertiary/aromatic N) is 1. The SMILES string of the molecule is COc1ccccc1NC(=O)CN1CCc2cc(OC)c(OC)cc2C1c1cccs1. The molecule has 0 radical (unpaired) electrons. The summed E-state index contributed by atoms with van der Waals surface area (Å²) in [4.78, 5) is 16.4. The van der Waals surface area contributed by atoms with Crippen molar-refractivity contribution in [3.05, 3.63) is 69.9 Å². The van der Waals surface area contributed by atoms with Gasteiger partial charge in [0.2, 0.25) is 5.91 Å². The summed E-state index contributed by atoms with van der Waals surface area (Å²) in [6.07, 6.45) is 0.833. The number of hydrogen-bond donors (Lipinski definition) is 1. The van der Waals surface area contributed by atoms with Gasteiger partial charge in [0.05, 0.1) is 39.6 Å². The van der Waals surface area contributed by atoms with E-state index in [-0.39, 0.29) is 18.5 Å². The van der Waals surface area contributed by atoms with Crippen LogP contribution in [0.15, 0.2) is 53.9 Å². The predicted octanol–water partition coefficient (Wildman–Crippen LogP) is 4.36. The molecule has 1 atom stereocenters. The fourth-order valence-electron chi connectivity index (χ4n) is 4.07. The molecule has 31 heavy (non-hydrogen) atoms. The van der Waals surface area contributed by atoms with E-state index in [0.29, 0.717) is 17.2 Å². The Kier molecular flexibility index (Phi) is 6.44. The van der Waals surface area contributed by atoms with Crippen LogP contribution in [0.4, 0.5) is 5.69 Å². The van der Waals surface area contributed by atoms with E-state index in [4.69, 9.17) is 14.2 Å². The van der Waals surface area contributed by atoms with Crippen molar-refractivity contribution >= 4 is 22.9 Å². The number of ether oxygens (including phenoxy) is 3. The summed E-state index contributed by atoms with van der Waals surface area (Å²) in [5.41, 5.74) is 3.04. The summed E-state index contributed by atoms with van der Waals surface area (Å²) in [6.45, 7) is 1.04. The van der Waals surface area contributed by atoms with E-state index in [1.807, 2.05) is 36.4 Å². The smallest absolute Gasteiger partial charge is 0.238 e. The Morgan fingerprint density at radius 1 is 1.03 bits per heavy atom. The van der Waals surface area contributed by atoms with Crippen molar-refractivity contribution in [1.82, 2.24) is 4.90 Å². The third-order valence-corrected chi connectivity index (χ3v) is 6.44. The summed E-state index contributed by atoms with van der Waals surface area (Å²) in [7, 11) is 4.89. The molecule has 0 bridgehead atoms. The Morgan fingerprint density at radius 3 is 2.48 bits per heavy atom. The highest BCUT2D eigenvalue weighted by Gasteiger charge is 2.32. The van der Waals surface area contributed by atoms with Crippen LogP contribution in [0.3, 0.4) is 0 Å². The molecular weight excluding hydrogens is 412 g/mol. The lowest BCUT2D eigenvalue weighted by Gasteiger charge is -2.37. The van der Waals surface area contributed by atoms with Gasteiger partial charge >= 0.3 is 0 Å². The first-order chi connectivity index (χ1) is 15.1. The second kappa shape index (κ2) is 9.41. The molecule has 0 aliphatic carbocycles. The number of para-hydroxylation sites is 2. The van der Waals surface area contributed by atoms with Crippen LogP contribution < -0.4 is 19.5 Å². The number of fused-ring (bicyclic) bond motifs is 1. The largest absolute Gasteiger partial charge is 0.495 e. The molecular formula is C24H26N2O4S. The van der Waals surface area contributed by atoms with Crippen LogP contribution in [-0.2, 0) is 11.2 Å². The third kappa shape index (κ3) is 4.38. The minimum Gasteiger partial charge on any atom is -0.495 e. The van der Waals surface area contributed by atoms with E-state index in [1.54, 1.807) is 32.7 Å². The number of thiophene rings is 1. The Balaban J connectivity index is 1.63. The van der Waals surface area contributed by atoms with Crippen LogP contribution in [0, 0.1) is 0 Å². The first-order valence-corrected chi connectivity index (χ1v) is 11.0. The van der Waals surface area contributed by atoms with Crippen molar-refractivity contribution in [3.63, 3.8) is 0 Å². The van der Waals surface area contributed by atoms with Gasteiger partial charge < -0.3 is 19.5 Å². The van der Waals surface area contributed by atoms with Crippen molar-refractivity contribution in [3.8, 4) is 17.2 Å². The maximum atomic E-state index is 12.9. The highest BCUT2D eigenvalue weighted by molar-refractivity contribution is 7.10. The number of carbonyl (C=O) groups excluding carboxylic acids is 1. The van der Waals surface area contributed by atoms with E-state index >= 15 is 0 Å². The topological polar surface area (TPSA) is 60.0 Å². The Hall–Kier alpha value is -3.03. The van der Waals surface area contributed by atoms with Gasteiger partial charge in [0, 0.05) is 11.4 Å². The lowest BCUT2D eigenvalue weighted by molar-refractivity contribution is -0.117. The van der Waals surface area contributed by atoms with E-state index in [2.05, 4.69) is 27.7 Å². The van der Waals surface area contributed by atoms with Crippen LogP contribution in [0.25, 0.3) is 0 Å². The summed E-state index contributed by atoms with van der Waals surface area (Å²) in [6, 6.07) is 15.7. The summed E-state index contributed by atoms with van der Waals surface area (Å²) in [5.74, 6) is 2.00. The lowest BCUT2D eigenvalue weighted by atomic mass is 9.91. The quantitative estimate of drug-likeness (QED) is 0.594. The minimum absolute atomic E-state index is 0.0213. The number of nitrogens with one attached hydrogen (secondary N) is 1. The molecule has 0 saturated heterocycles. The molecule has 6 nitrogen and oxygen atoms in total. The van der Waals surface area contributed by atoms with Gasteiger partial charge in [-0.2, -0.15) is 0 Å². The van der Waals surface area contributed by atoms with Crippen molar-refractivity contribution in [1.29, 1.82) is 0 Å². The molecule has 1 aliphatic rings. The second-order valence-electron chi connectivity index (χ2n) is 7.29. The molecule has 0 fully saturated rings. The van der Waals surface area contributed by atoms with Crippen molar-refractivity contribution in [2.75, 3.05) is 39.7 Å². The third-order valence-electron chi connectivity index (χ3n) is 5.51. The molecule has 162 valence electrons. The first-order valence-electron chi connectivity index (χ1n) is 10.1. The van der Waals surface area contributed by atoms with Crippen molar-refractivity contribution in [2.24, 2.45) is 0 Å². The predicted molar refractivity (Wildman–Crippen MR) is 123 cm³/mol. The zero-order valence-electron chi connectivity index (χ0n) is 17.9. The highest BCUT2D eigenvalue weighted by atomic mass is 32.1. The Labute approximate surface area is 186 Å². The summed E-state index contributed by atoms with van der Waals surface area (Å²) >= 11 is 1.69. The molecule has 0 saturated carbocycles. The summed E-state index contributed by atoms with van der Waals surface area (Å²) < 4.78 is 16.4. The second-order valence-corrected chi connectivity index (χ2v) is 8.27. The monoisotopic (exact) mass is 438 g/mol. The van der Waals surface area contributed by atoms with E-state index < -0.39 is 0 Å². The highest BCUT2D eigenvalue weighted by Crippen LogP contribution is 2.42. The van der Waals surface area contributed by atoms with Crippen LogP contribution in [0.1, 0.15) is 22.0 Å². The van der Waals surface area contributed by atoms with Gasteiger partial charge in [0.15, 0.2) is 11.5 Å².